The van der Waals surface area contributed by atoms with E-state index in [0.29, 0.717) is 2.86 Å². The van der Waals surface area contributed by atoms with E-state index in [1.807, 2.05) is 0 Å². The van der Waals surface area contributed by atoms with E-state index in [0.717, 1.165) is 0 Å². The maximum Gasteiger partial charge on any atom is 0.113 e. The molecule has 1 saturated carbocycles. The van der Waals surface area contributed by atoms with Crippen molar-refractivity contribution >= 4 is 113 Å². The van der Waals surface area contributed by atoms with Crippen LogP contribution in [0.5, 0.6) is 0 Å². The predicted octanol–water partition coefficient (Wildman–Crippen LogP) is 5.27. The first-order chi connectivity index (χ1) is 4.88. The lowest BCUT2D eigenvalue weighted by molar-refractivity contribution is 0.613. The Kier molecular flexibility index (Phi) is 5.39. The average Bonchev–Trinajstić information content (AvgIpc) is 1.84. The van der Waals surface area contributed by atoms with Crippen LogP contribution in [0.25, 0.3) is 0 Å². The van der Waals surface area contributed by atoms with E-state index >= 15 is 0 Å². The summed E-state index contributed by atoms with van der Waals surface area (Å²) in [7, 11) is 0. The normalized spacial score (nSPS) is 30.3. The quantitative estimate of drug-likeness (QED) is 0.238. The number of hydrogen-bond donors (Lipinski definition) is 0. The van der Waals surface area contributed by atoms with Crippen LogP contribution in [0.15, 0.2) is 0 Å². The van der Waals surface area contributed by atoms with Crippen molar-refractivity contribution in [2.45, 2.75) is 22.1 Å². The van der Waals surface area contributed by atoms with Crippen LogP contribution in [-0.2, 0) is 0 Å². The van der Waals surface area contributed by atoms with E-state index in [-0.39, 0.29) is 0 Å². The lowest BCUT2D eigenvalue weighted by Gasteiger charge is -2.42. The Morgan fingerprint density at radius 3 is 2.00 bits per heavy atom. The van der Waals surface area contributed by atoms with E-state index in [4.69, 9.17) is 0 Å². The van der Waals surface area contributed by atoms with Gasteiger partial charge in [0.25, 0.3) is 0 Å². The van der Waals surface area contributed by atoms with E-state index in [1.165, 1.54) is 19.3 Å². The van der Waals surface area contributed by atoms with Crippen molar-refractivity contribution in [1.82, 2.24) is 0 Å². The van der Waals surface area contributed by atoms with Crippen LogP contribution in [0.1, 0.15) is 19.3 Å². The molecule has 11 heavy (non-hydrogen) atoms. The van der Waals surface area contributed by atoms with Gasteiger partial charge in [-0.05, 0) is 19.3 Å². The Morgan fingerprint density at radius 1 is 1.09 bits per heavy atom. The summed E-state index contributed by atoms with van der Waals surface area (Å²) in [5.41, 5.74) is 0. The van der Waals surface area contributed by atoms with E-state index in [9.17, 15) is 0 Å². The number of rotatable bonds is 0. The van der Waals surface area contributed by atoms with Gasteiger partial charge >= 0.3 is 0 Å². The topological polar surface area (TPSA) is 0 Å². The molecule has 0 N–H and O–H groups in total. The zero-order valence-corrected chi connectivity index (χ0v) is 16.3. The number of hydrogen-bond acceptors (Lipinski definition) is 0. The van der Waals surface area contributed by atoms with Crippen molar-refractivity contribution in [2.24, 2.45) is 0 Å². The van der Waals surface area contributed by atoms with Gasteiger partial charge in [0.15, 0.2) is 0 Å². The Bertz CT molecular complexity index is 153. The third-order valence-electron chi connectivity index (χ3n) is 1.69. The third kappa shape index (κ3) is 2.82. The zero-order chi connectivity index (χ0) is 8.70. The van der Waals surface area contributed by atoms with Gasteiger partial charge < -0.3 is 0 Å². The molecule has 0 saturated heterocycles. The molecule has 0 aromatic carbocycles. The summed E-state index contributed by atoms with van der Waals surface area (Å²) < 4.78 is 2.38. The summed E-state index contributed by atoms with van der Waals surface area (Å²) in [4.78, 5) is 0. The first-order valence-corrected chi connectivity index (χ1v) is 8.55. The van der Waals surface area contributed by atoms with Crippen LogP contribution in [0, 0.1) is 3.92 Å². The fourth-order valence-corrected chi connectivity index (χ4v) is 5.34. The maximum atomic E-state index is 2.59. The number of halogens is 5. The van der Waals surface area contributed by atoms with Crippen molar-refractivity contribution in [2.75, 3.05) is 0 Å². The molecule has 0 atom stereocenters. The Balaban J connectivity index is 2.82. The second-order valence-electron chi connectivity index (χ2n) is 2.54. The summed E-state index contributed by atoms with van der Waals surface area (Å²) in [6.07, 6.45) is 4.00. The fourth-order valence-electron chi connectivity index (χ4n) is 0.978. The molecule has 0 nitrogen and oxygen atoms in total. The van der Waals surface area contributed by atoms with Crippen LogP contribution in [0.3, 0.4) is 0 Å². The standard InChI is InChI=1S/C6H6I5/c7-4-2-1-3-5(8,9)6(4,10)11/h1-3H2. The molecule has 0 heterocycles. The van der Waals surface area contributed by atoms with Gasteiger partial charge in [-0.15, -0.1) is 0 Å². The minimum absolute atomic E-state index is 0.350. The molecule has 1 aliphatic carbocycles. The van der Waals surface area contributed by atoms with E-state index in [1.54, 1.807) is 3.92 Å². The van der Waals surface area contributed by atoms with Crippen LogP contribution >= 0.6 is 113 Å². The van der Waals surface area contributed by atoms with E-state index in [2.05, 4.69) is 113 Å². The van der Waals surface area contributed by atoms with Crippen molar-refractivity contribution < 1.29 is 0 Å². The van der Waals surface area contributed by atoms with Crippen LogP contribution in [0.2, 0.25) is 0 Å². The minimum atomic E-state index is 0.350. The van der Waals surface area contributed by atoms with E-state index < -0.39 is 0 Å². The van der Waals surface area contributed by atoms with Gasteiger partial charge in [-0.3, -0.25) is 0 Å². The van der Waals surface area contributed by atoms with Gasteiger partial charge in [0.2, 0.25) is 0 Å². The summed E-state index contributed by atoms with van der Waals surface area (Å²) in [5.74, 6) is 0. The van der Waals surface area contributed by atoms with Gasteiger partial charge in [-0.25, -0.2) is 0 Å². The molecule has 65 valence electrons. The lowest BCUT2D eigenvalue weighted by atomic mass is 10.0. The van der Waals surface area contributed by atoms with Crippen molar-refractivity contribution in [1.29, 1.82) is 0 Å². The largest absolute Gasteiger partial charge is 0.113 e. The number of alkyl halides is 4. The van der Waals surface area contributed by atoms with Gasteiger partial charge in [0.05, 0.1) is 5.35 Å². The van der Waals surface area contributed by atoms with Gasteiger partial charge in [-0.1, -0.05) is 113 Å². The molecule has 1 fully saturated rings. The van der Waals surface area contributed by atoms with Crippen molar-refractivity contribution in [3.05, 3.63) is 3.92 Å². The van der Waals surface area contributed by atoms with Crippen molar-refractivity contribution in [3.63, 3.8) is 0 Å². The first kappa shape index (κ1) is 12.7. The van der Waals surface area contributed by atoms with Gasteiger partial charge in [0.1, 0.15) is 1.43 Å². The summed E-state index contributed by atoms with van der Waals surface area (Å²) >= 11 is 12.9. The molecule has 1 rings (SSSR count). The Labute approximate surface area is 136 Å². The van der Waals surface area contributed by atoms with Crippen LogP contribution in [0.4, 0.5) is 0 Å². The zero-order valence-electron chi connectivity index (χ0n) is 5.51. The second-order valence-corrected chi connectivity index (χ2v) is 14.9. The highest BCUT2D eigenvalue weighted by Gasteiger charge is 2.51. The molecule has 5 heteroatoms. The summed E-state index contributed by atoms with van der Waals surface area (Å²) in [6.45, 7) is 0. The second kappa shape index (κ2) is 4.66. The fraction of sp³-hybridized carbons (Fsp3) is 0.833. The molecule has 0 aliphatic heterocycles. The summed E-state index contributed by atoms with van der Waals surface area (Å²) in [6, 6.07) is 0. The lowest BCUT2D eigenvalue weighted by Crippen LogP contribution is -2.40. The van der Waals surface area contributed by atoms with Crippen molar-refractivity contribution in [3.8, 4) is 0 Å². The average molecular weight is 713 g/mol. The predicted molar refractivity (Wildman–Crippen MR) is 92.7 cm³/mol. The molecule has 1 radical (unpaired) electrons. The molecule has 0 amide bonds. The van der Waals surface area contributed by atoms with Gasteiger partial charge in [-0.2, -0.15) is 0 Å². The minimum Gasteiger partial charge on any atom is -0.0749 e. The maximum absolute atomic E-state index is 2.59. The van der Waals surface area contributed by atoms with Crippen LogP contribution < -0.4 is 0 Å². The Morgan fingerprint density at radius 2 is 1.64 bits per heavy atom. The Hall–Kier alpha value is 3.65. The molecular formula is C6H6I5. The molecule has 1 aliphatic rings. The summed E-state index contributed by atoms with van der Waals surface area (Å²) in [5, 5.41) is 0. The molecule has 0 unspecified atom stereocenters. The SMILES string of the molecule is I[C]1CCCC(I)(I)C1(I)I. The highest BCUT2D eigenvalue weighted by molar-refractivity contribution is 14.2. The third-order valence-corrected chi connectivity index (χ3v) is 15.1. The molecule has 0 bridgehead atoms. The van der Waals surface area contributed by atoms with Crippen LogP contribution in [-0.4, -0.2) is 2.86 Å². The molecule has 0 aromatic heterocycles. The molecule has 0 spiro atoms. The monoisotopic (exact) mass is 713 g/mol. The van der Waals surface area contributed by atoms with Gasteiger partial charge in [0, 0.05) is 0 Å². The smallest absolute Gasteiger partial charge is 0.0749 e. The molecule has 0 aromatic rings. The highest BCUT2D eigenvalue weighted by Crippen LogP contribution is 2.62. The first-order valence-electron chi connectivity index (χ1n) is 3.15. The molecular weight excluding hydrogens is 707 g/mol. The highest BCUT2D eigenvalue weighted by atomic mass is 127.